The second-order valence-corrected chi connectivity index (χ2v) is 9.31. The molecule has 1 aliphatic heterocycles. The number of aromatic nitrogens is 1. The first-order valence-corrected chi connectivity index (χ1v) is 11.9. The Morgan fingerprint density at radius 1 is 1.21 bits per heavy atom. The molecule has 8 heteroatoms. The third-order valence-corrected chi connectivity index (χ3v) is 6.42. The van der Waals surface area contributed by atoms with Crippen LogP contribution in [0.25, 0.3) is 22.2 Å². The van der Waals surface area contributed by atoms with Crippen LogP contribution in [-0.4, -0.2) is 42.8 Å². The van der Waals surface area contributed by atoms with E-state index in [9.17, 15) is 4.79 Å². The van der Waals surface area contributed by atoms with Crippen LogP contribution < -0.4 is 21.1 Å². The molecule has 1 unspecified atom stereocenters. The minimum Gasteiger partial charge on any atom is -0.491 e. The molecule has 2 fully saturated rings. The molecule has 1 aliphatic carbocycles. The number of nitrogen functional groups attached to an aromatic ring is 1. The number of benzene rings is 2. The van der Waals surface area contributed by atoms with E-state index >= 15 is 0 Å². The summed E-state index contributed by atoms with van der Waals surface area (Å²) in [5.74, 6) is 0.795. The molecular weight excluding hydrogens is 432 g/mol. The maximum absolute atomic E-state index is 12.0. The second-order valence-electron chi connectivity index (χ2n) is 9.31. The average molecular weight is 465 g/mol. The van der Waals surface area contributed by atoms with E-state index in [0.29, 0.717) is 26.0 Å². The fourth-order valence-electron chi connectivity index (χ4n) is 4.52. The van der Waals surface area contributed by atoms with Gasteiger partial charge in [0.1, 0.15) is 25.3 Å². The third kappa shape index (κ3) is 4.56. The van der Waals surface area contributed by atoms with Crippen LogP contribution in [0.4, 0.5) is 16.2 Å². The molecule has 2 amide bonds. The summed E-state index contributed by atoms with van der Waals surface area (Å²) in [6.45, 7) is 5.20. The molecule has 2 heterocycles. The number of hydrogen-bond acceptors (Lipinski definition) is 5. The molecule has 5 rings (SSSR count). The maximum Gasteiger partial charge on any atom is 0.319 e. The molecule has 180 valence electrons. The molecule has 1 aromatic heterocycles. The van der Waals surface area contributed by atoms with E-state index in [0.717, 1.165) is 52.1 Å². The quantitative estimate of drug-likeness (QED) is 0.462. The first-order valence-electron chi connectivity index (χ1n) is 11.9. The fourth-order valence-corrected chi connectivity index (χ4v) is 4.52. The molecule has 3 aromatic rings. The number of carbonyl (C=O) groups is 1. The van der Waals surface area contributed by atoms with Crippen LogP contribution in [0, 0.1) is 0 Å². The Kier molecular flexibility index (Phi) is 6.34. The molecule has 34 heavy (non-hydrogen) atoms. The lowest BCUT2D eigenvalue weighted by atomic mass is 9.92. The number of urea groups is 1. The van der Waals surface area contributed by atoms with Crippen molar-refractivity contribution in [2.75, 3.05) is 31.1 Å². The predicted octanol–water partition coefficient (Wildman–Crippen LogP) is 4.90. The number of carbonyl (C=O) groups excluding carboxylic acids is 1. The third-order valence-electron chi connectivity index (χ3n) is 6.42. The number of fused-ring (bicyclic) bond motifs is 1. The normalized spacial score (nSPS) is 18.3. The smallest absolute Gasteiger partial charge is 0.319 e. The highest BCUT2D eigenvalue weighted by molar-refractivity contribution is 6.02. The Morgan fingerprint density at radius 2 is 2.00 bits per heavy atom. The number of hydrogen-bond donors (Lipinski definition) is 3. The lowest BCUT2D eigenvalue weighted by molar-refractivity contribution is 0.0320. The molecule has 1 saturated carbocycles. The first-order chi connectivity index (χ1) is 16.5. The van der Waals surface area contributed by atoms with E-state index in [1.807, 2.05) is 50.2 Å². The van der Waals surface area contributed by atoms with Crippen LogP contribution in [-0.2, 0) is 9.47 Å². The Morgan fingerprint density at radius 3 is 2.65 bits per heavy atom. The lowest BCUT2D eigenvalue weighted by Gasteiger charge is -2.30. The zero-order valence-electron chi connectivity index (χ0n) is 19.7. The van der Waals surface area contributed by atoms with Crippen molar-refractivity contribution in [3.05, 3.63) is 42.5 Å². The summed E-state index contributed by atoms with van der Waals surface area (Å²) in [5.41, 5.74) is 11.3. The van der Waals surface area contributed by atoms with Gasteiger partial charge in [0, 0.05) is 34.8 Å². The zero-order chi connectivity index (χ0) is 23.7. The molecule has 2 aromatic carbocycles. The average Bonchev–Trinajstić information content (AvgIpc) is 3.38. The van der Waals surface area contributed by atoms with Crippen molar-refractivity contribution in [1.82, 2.24) is 9.88 Å². The predicted molar refractivity (Wildman–Crippen MR) is 133 cm³/mol. The Labute approximate surface area is 199 Å². The summed E-state index contributed by atoms with van der Waals surface area (Å²) in [6, 6.07) is 14.2. The van der Waals surface area contributed by atoms with Crippen molar-refractivity contribution in [1.29, 1.82) is 0 Å². The van der Waals surface area contributed by atoms with Gasteiger partial charge >= 0.3 is 6.03 Å². The van der Waals surface area contributed by atoms with Gasteiger partial charge in [-0.15, -0.1) is 0 Å². The summed E-state index contributed by atoms with van der Waals surface area (Å²) >= 11 is 0. The van der Waals surface area contributed by atoms with Gasteiger partial charge in [0.2, 0.25) is 0 Å². The summed E-state index contributed by atoms with van der Waals surface area (Å²) in [5, 5.41) is 6.73. The molecule has 1 atom stereocenters. The van der Waals surface area contributed by atoms with E-state index in [1.54, 1.807) is 0 Å². The first kappa shape index (κ1) is 22.6. The largest absolute Gasteiger partial charge is 0.491 e. The van der Waals surface area contributed by atoms with Crippen LogP contribution in [0.15, 0.2) is 42.5 Å². The number of anilines is 2. The van der Waals surface area contributed by atoms with Crippen LogP contribution >= 0.6 is 0 Å². The van der Waals surface area contributed by atoms with Crippen molar-refractivity contribution >= 4 is 28.3 Å². The lowest BCUT2D eigenvalue weighted by Crippen LogP contribution is -2.34. The van der Waals surface area contributed by atoms with Gasteiger partial charge in [0.25, 0.3) is 0 Å². The summed E-state index contributed by atoms with van der Waals surface area (Å²) in [6.07, 6.45) is 3.43. The number of nitrogens with two attached hydrogens (primary N) is 1. The van der Waals surface area contributed by atoms with Crippen LogP contribution in [0.2, 0.25) is 0 Å². The van der Waals surface area contributed by atoms with Crippen LogP contribution in [0.5, 0.6) is 5.75 Å². The van der Waals surface area contributed by atoms with Gasteiger partial charge in [0.15, 0.2) is 0 Å². The van der Waals surface area contributed by atoms with Crippen molar-refractivity contribution in [3.63, 3.8) is 0 Å². The van der Waals surface area contributed by atoms with E-state index in [2.05, 4.69) is 21.3 Å². The minimum absolute atomic E-state index is 0.0375. The monoisotopic (exact) mass is 464 g/mol. The second kappa shape index (κ2) is 9.56. The molecule has 0 bridgehead atoms. The van der Waals surface area contributed by atoms with Crippen molar-refractivity contribution in [3.8, 4) is 17.0 Å². The molecule has 4 N–H and O–H groups in total. The minimum atomic E-state index is -0.215. The molecule has 8 nitrogen and oxygen atoms in total. The number of amides is 2. The standard InChI is InChI=1S/C26H32N4O4/c1-16(2)28-26(31)29-18-8-6-17(7-9-18)25-24(27)22-11-10-20(33-14-21-13-32-15-34-21)12-23(22)30(25)19-4-3-5-19/h6-12,16,19,21H,3-5,13-15,27H2,1-2H3,(H2,28,29,31). The van der Waals surface area contributed by atoms with Crippen molar-refractivity contribution in [2.24, 2.45) is 0 Å². The van der Waals surface area contributed by atoms with Gasteiger partial charge in [-0.3, -0.25) is 0 Å². The SMILES string of the molecule is CC(C)NC(=O)Nc1ccc(-c2c(N)c3ccc(OCC4COCO4)cc3n2C2CCC2)cc1. The maximum atomic E-state index is 12.0. The zero-order valence-corrected chi connectivity index (χ0v) is 19.7. The molecule has 1 saturated heterocycles. The number of nitrogens with one attached hydrogen (secondary N) is 2. The van der Waals surface area contributed by atoms with Crippen molar-refractivity contribution < 1.29 is 19.0 Å². The van der Waals surface area contributed by atoms with Gasteiger partial charge in [-0.1, -0.05) is 12.1 Å². The van der Waals surface area contributed by atoms with E-state index in [4.69, 9.17) is 19.9 Å². The van der Waals surface area contributed by atoms with Gasteiger partial charge in [-0.2, -0.15) is 0 Å². The number of rotatable bonds is 7. The van der Waals surface area contributed by atoms with Crippen LogP contribution in [0.1, 0.15) is 39.2 Å². The Hall–Kier alpha value is -3.23. The molecule has 2 aliphatic rings. The summed E-state index contributed by atoms with van der Waals surface area (Å²) < 4.78 is 19.1. The molecule has 0 radical (unpaired) electrons. The topological polar surface area (TPSA) is 99.8 Å². The summed E-state index contributed by atoms with van der Waals surface area (Å²) in [4.78, 5) is 12.0. The number of nitrogens with zero attached hydrogens (tertiary/aromatic N) is 1. The van der Waals surface area contributed by atoms with Gasteiger partial charge in [-0.05, 0) is 57.4 Å². The Balaban J connectivity index is 1.45. The molecular formula is C26H32N4O4. The number of ether oxygens (including phenoxy) is 3. The molecule has 0 spiro atoms. The fraction of sp³-hybridized carbons (Fsp3) is 0.423. The van der Waals surface area contributed by atoms with E-state index < -0.39 is 0 Å². The van der Waals surface area contributed by atoms with Gasteiger partial charge in [0.05, 0.1) is 23.5 Å². The highest BCUT2D eigenvalue weighted by Crippen LogP contribution is 2.45. The van der Waals surface area contributed by atoms with Gasteiger partial charge < -0.3 is 35.1 Å². The summed E-state index contributed by atoms with van der Waals surface area (Å²) in [7, 11) is 0. The highest BCUT2D eigenvalue weighted by atomic mass is 16.7. The van der Waals surface area contributed by atoms with Gasteiger partial charge in [-0.25, -0.2) is 4.79 Å². The van der Waals surface area contributed by atoms with E-state index in [-0.39, 0.29) is 18.2 Å². The van der Waals surface area contributed by atoms with E-state index in [1.165, 1.54) is 6.42 Å². The Bertz CT molecular complexity index is 1160. The van der Waals surface area contributed by atoms with Crippen LogP contribution in [0.3, 0.4) is 0 Å². The highest BCUT2D eigenvalue weighted by Gasteiger charge is 2.27. The van der Waals surface area contributed by atoms with Crippen molar-refractivity contribution in [2.45, 2.75) is 51.3 Å².